The molecule has 0 bridgehead atoms. The molecule has 0 saturated carbocycles. The number of nitrogens with one attached hydrogen (secondary N) is 1. The molecule has 0 fully saturated rings. The second-order valence-electron chi connectivity index (χ2n) is 2.73. The van der Waals surface area contributed by atoms with Crippen molar-refractivity contribution in [1.29, 1.82) is 0 Å². The molecule has 1 N–H and O–H groups in total. The number of terminal acetylenes is 1. The zero-order chi connectivity index (χ0) is 10.4. The van der Waals surface area contributed by atoms with Crippen molar-refractivity contribution in [3.05, 3.63) is 42.5 Å². The van der Waals surface area contributed by atoms with Crippen LogP contribution < -0.4 is 5.32 Å². The first kappa shape index (κ1) is 10.1. The maximum atomic E-state index is 11.2. The second kappa shape index (κ2) is 4.88. The summed E-state index contributed by atoms with van der Waals surface area (Å²) in [6, 6.07) is 7.21. The highest BCUT2D eigenvalue weighted by Crippen LogP contribution is 2.13. The van der Waals surface area contributed by atoms with Crippen molar-refractivity contribution in [2.24, 2.45) is 0 Å². The maximum Gasteiger partial charge on any atom is 0.228 e. The van der Waals surface area contributed by atoms with Crippen LogP contribution in [0.25, 0.3) is 0 Å². The fourth-order valence-corrected chi connectivity index (χ4v) is 1.05. The van der Waals surface area contributed by atoms with Gasteiger partial charge in [0.15, 0.2) is 0 Å². The molecular formula is C12H11NO. The first-order chi connectivity index (χ1) is 6.77. The Bertz CT molecular complexity index is 388. The van der Waals surface area contributed by atoms with E-state index in [4.69, 9.17) is 6.42 Å². The van der Waals surface area contributed by atoms with E-state index in [1.165, 1.54) is 0 Å². The zero-order valence-corrected chi connectivity index (χ0v) is 7.79. The molecule has 1 aromatic carbocycles. The first-order valence-corrected chi connectivity index (χ1v) is 4.24. The molecular weight excluding hydrogens is 174 g/mol. The summed E-state index contributed by atoms with van der Waals surface area (Å²) in [4.78, 5) is 11.2. The number of hydrogen-bond donors (Lipinski definition) is 1. The minimum atomic E-state index is -0.109. The number of amides is 1. The van der Waals surface area contributed by atoms with Crippen LogP contribution in [0.5, 0.6) is 0 Å². The molecule has 1 aromatic rings. The first-order valence-electron chi connectivity index (χ1n) is 4.24. The maximum absolute atomic E-state index is 11.2. The van der Waals surface area contributed by atoms with Crippen LogP contribution in [0.3, 0.4) is 0 Å². The topological polar surface area (TPSA) is 29.1 Å². The predicted molar refractivity (Wildman–Crippen MR) is 57.8 cm³/mol. The van der Waals surface area contributed by atoms with Crippen molar-refractivity contribution in [2.75, 3.05) is 5.32 Å². The van der Waals surface area contributed by atoms with Crippen molar-refractivity contribution in [3.63, 3.8) is 0 Å². The predicted octanol–water partition coefficient (Wildman–Crippen LogP) is 2.18. The largest absolute Gasteiger partial charge is 0.325 e. The molecule has 0 atom stereocenters. The molecule has 1 amide bonds. The lowest BCUT2D eigenvalue weighted by Gasteiger charge is -2.05. The van der Waals surface area contributed by atoms with E-state index in [1.807, 2.05) is 12.1 Å². The third kappa shape index (κ3) is 2.49. The molecule has 0 aliphatic rings. The van der Waals surface area contributed by atoms with Gasteiger partial charge in [-0.05, 0) is 12.1 Å². The Kier molecular flexibility index (Phi) is 3.51. The lowest BCUT2D eigenvalue weighted by atomic mass is 10.2. The number of para-hydroxylation sites is 1. The summed E-state index contributed by atoms with van der Waals surface area (Å²) >= 11 is 0. The highest BCUT2D eigenvalue weighted by molar-refractivity contribution is 5.92. The fraction of sp³-hybridized carbons (Fsp3) is 0.0833. The number of anilines is 1. The van der Waals surface area contributed by atoms with E-state index < -0.39 is 0 Å². The smallest absolute Gasteiger partial charge is 0.228 e. The van der Waals surface area contributed by atoms with Crippen molar-refractivity contribution in [1.82, 2.24) is 0 Å². The molecule has 0 aromatic heterocycles. The number of hydrogen-bond acceptors (Lipinski definition) is 1. The van der Waals surface area contributed by atoms with E-state index >= 15 is 0 Å². The Balaban J connectivity index is 2.81. The number of rotatable bonds is 3. The molecule has 70 valence electrons. The van der Waals surface area contributed by atoms with Gasteiger partial charge in [0.2, 0.25) is 5.91 Å². The standard InChI is InChI=1S/C12H11NO/c1-3-7-12(14)13-11-9-6-5-8-10(11)4-2/h2-3,5-6,8-9H,1,7H2,(H,13,14). The van der Waals surface area contributed by atoms with Crippen LogP contribution in [0.1, 0.15) is 12.0 Å². The lowest BCUT2D eigenvalue weighted by molar-refractivity contribution is -0.115. The third-order valence-electron chi connectivity index (χ3n) is 1.69. The SMILES string of the molecule is C#Cc1ccccc1NC(=O)CC=C. The van der Waals surface area contributed by atoms with Crippen LogP contribution in [0, 0.1) is 12.3 Å². The van der Waals surface area contributed by atoms with Crippen molar-refractivity contribution in [3.8, 4) is 12.3 Å². The molecule has 0 saturated heterocycles. The van der Waals surface area contributed by atoms with Crippen molar-refractivity contribution >= 4 is 11.6 Å². The van der Waals surface area contributed by atoms with Crippen LogP contribution in [-0.4, -0.2) is 5.91 Å². The van der Waals surface area contributed by atoms with Crippen LogP contribution in [0.4, 0.5) is 5.69 Å². The summed E-state index contributed by atoms with van der Waals surface area (Å²) in [7, 11) is 0. The average molecular weight is 185 g/mol. The summed E-state index contributed by atoms with van der Waals surface area (Å²) in [5, 5.41) is 2.71. The highest BCUT2D eigenvalue weighted by atomic mass is 16.1. The molecule has 2 heteroatoms. The molecule has 0 spiro atoms. The number of carbonyl (C=O) groups excluding carboxylic acids is 1. The lowest BCUT2D eigenvalue weighted by Crippen LogP contribution is -2.10. The Morgan fingerprint density at radius 3 is 2.93 bits per heavy atom. The molecule has 0 aliphatic carbocycles. The summed E-state index contributed by atoms with van der Waals surface area (Å²) in [5.74, 6) is 2.39. The summed E-state index contributed by atoms with van der Waals surface area (Å²) in [5.41, 5.74) is 1.35. The summed E-state index contributed by atoms with van der Waals surface area (Å²) < 4.78 is 0. The molecule has 0 aliphatic heterocycles. The number of benzene rings is 1. The average Bonchev–Trinajstić information content (AvgIpc) is 2.19. The van der Waals surface area contributed by atoms with Gasteiger partial charge >= 0.3 is 0 Å². The summed E-state index contributed by atoms with van der Waals surface area (Å²) in [6.45, 7) is 3.48. The van der Waals surface area contributed by atoms with Gasteiger partial charge in [0.05, 0.1) is 5.69 Å². The van der Waals surface area contributed by atoms with Gasteiger partial charge in [-0.3, -0.25) is 4.79 Å². The van der Waals surface area contributed by atoms with Crippen LogP contribution in [0.2, 0.25) is 0 Å². The Labute approximate surface area is 83.6 Å². The van der Waals surface area contributed by atoms with Crippen LogP contribution in [-0.2, 0) is 4.79 Å². The summed E-state index contributed by atoms with van der Waals surface area (Å²) in [6.07, 6.45) is 7.12. The Morgan fingerprint density at radius 2 is 2.29 bits per heavy atom. The van der Waals surface area contributed by atoms with Crippen molar-refractivity contribution < 1.29 is 4.79 Å². The normalized spacial score (nSPS) is 8.79. The monoisotopic (exact) mass is 185 g/mol. The van der Waals surface area contributed by atoms with E-state index in [0.29, 0.717) is 17.7 Å². The van der Waals surface area contributed by atoms with Gasteiger partial charge in [-0.2, -0.15) is 0 Å². The molecule has 0 radical (unpaired) electrons. The molecule has 14 heavy (non-hydrogen) atoms. The van der Waals surface area contributed by atoms with Crippen LogP contribution in [0.15, 0.2) is 36.9 Å². The van der Waals surface area contributed by atoms with Gasteiger partial charge in [0, 0.05) is 12.0 Å². The van der Waals surface area contributed by atoms with E-state index in [2.05, 4.69) is 17.8 Å². The minimum Gasteiger partial charge on any atom is -0.325 e. The van der Waals surface area contributed by atoms with Gasteiger partial charge in [-0.1, -0.05) is 24.1 Å². The zero-order valence-electron chi connectivity index (χ0n) is 7.79. The minimum absolute atomic E-state index is 0.109. The van der Waals surface area contributed by atoms with E-state index in [-0.39, 0.29) is 5.91 Å². The molecule has 2 nitrogen and oxygen atoms in total. The van der Waals surface area contributed by atoms with E-state index in [1.54, 1.807) is 18.2 Å². The Morgan fingerprint density at radius 1 is 1.57 bits per heavy atom. The van der Waals surface area contributed by atoms with Gasteiger partial charge in [0.1, 0.15) is 0 Å². The number of carbonyl (C=O) groups is 1. The highest BCUT2D eigenvalue weighted by Gasteiger charge is 2.02. The van der Waals surface area contributed by atoms with Gasteiger partial charge in [0.25, 0.3) is 0 Å². The third-order valence-corrected chi connectivity index (χ3v) is 1.69. The van der Waals surface area contributed by atoms with Gasteiger partial charge in [-0.15, -0.1) is 13.0 Å². The van der Waals surface area contributed by atoms with E-state index in [0.717, 1.165) is 0 Å². The Hall–Kier alpha value is -2.01. The second-order valence-corrected chi connectivity index (χ2v) is 2.73. The quantitative estimate of drug-likeness (QED) is 0.567. The van der Waals surface area contributed by atoms with Crippen LogP contribution >= 0.6 is 0 Å². The van der Waals surface area contributed by atoms with Crippen molar-refractivity contribution in [2.45, 2.75) is 6.42 Å². The molecule has 0 heterocycles. The molecule has 0 unspecified atom stereocenters. The molecule has 1 rings (SSSR count). The fourth-order valence-electron chi connectivity index (χ4n) is 1.05. The van der Waals surface area contributed by atoms with E-state index in [9.17, 15) is 4.79 Å². The van der Waals surface area contributed by atoms with Gasteiger partial charge < -0.3 is 5.32 Å². The van der Waals surface area contributed by atoms with Gasteiger partial charge in [-0.25, -0.2) is 0 Å².